The first kappa shape index (κ1) is 11.8. The van der Waals surface area contributed by atoms with Gasteiger partial charge in [0.1, 0.15) is 18.0 Å². The minimum Gasteiger partial charge on any atom is -0.370 e. The summed E-state index contributed by atoms with van der Waals surface area (Å²) < 4.78 is 0. The van der Waals surface area contributed by atoms with Crippen LogP contribution in [-0.2, 0) is 0 Å². The zero-order valence-corrected chi connectivity index (χ0v) is 9.80. The van der Waals surface area contributed by atoms with Crippen LogP contribution >= 0.6 is 0 Å². The summed E-state index contributed by atoms with van der Waals surface area (Å²) in [5.41, 5.74) is 1.10. The summed E-state index contributed by atoms with van der Waals surface area (Å²) in [6, 6.07) is 0. The van der Waals surface area contributed by atoms with Crippen LogP contribution in [0.2, 0.25) is 0 Å². The molecule has 0 bridgehead atoms. The van der Waals surface area contributed by atoms with Gasteiger partial charge >= 0.3 is 0 Å². The number of nitrogens with zero attached hydrogens (tertiary/aromatic N) is 2. The fourth-order valence-corrected chi connectivity index (χ4v) is 1.29. The van der Waals surface area contributed by atoms with Crippen molar-refractivity contribution in [2.75, 3.05) is 23.7 Å². The summed E-state index contributed by atoms with van der Waals surface area (Å²) in [4.78, 5) is 8.44. The number of rotatable bonds is 6. The predicted octanol–water partition coefficient (Wildman–Crippen LogP) is 2.43. The molecule has 0 aliphatic heterocycles. The van der Waals surface area contributed by atoms with E-state index in [2.05, 4.69) is 34.4 Å². The minimum absolute atomic E-state index is 0.936. The Labute approximate surface area is 91.5 Å². The van der Waals surface area contributed by atoms with E-state index in [-0.39, 0.29) is 0 Å². The topological polar surface area (TPSA) is 49.8 Å². The quantitative estimate of drug-likeness (QED) is 0.754. The molecule has 1 rings (SSSR count). The fraction of sp³-hybridized carbons (Fsp3) is 0.636. The van der Waals surface area contributed by atoms with Crippen LogP contribution in [0.1, 0.15) is 32.3 Å². The van der Waals surface area contributed by atoms with Crippen molar-refractivity contribution in [3.63, 3.8) is 0 Å². The lowest BCUT2D eigenvalue weighted by atomic mass is 10.3. The Balaban J connectivity index is 2.71. The maximum absolute atomic E-state index is 4.22. The molecular weight excluding hydrogens is 188 g/mol. The van der Waals surface area contributed by atoms with E-state index < -0.39 is 0 Å². The molecule has 0 atom stereocenters. The lowest BCUT2D eigenvalue weighted by Gasteiger charge is -2.11. The average Bonchev–Trinajstić information content (AvgIpc) is 2.26. The van der Waals surface area contributed by atoms with E-state index in [1.165, 1.54) is 0 Å². The predicted molar refractivity (Wildman–Crippen MR) is 64.3 cm³/mol. The van der Waals surface area contributed by atoms with Crippen molar-refractivity contribution >= 4 is 11.6 Å². The van der Waals surface area contributed by atoms with Crippen molar-refractivity contribution in [1.29, 1.82) is 0 Å². The molecule has 0 saturated heterocycles. The third-order valence-electron chi connectivity index (χ3n) is 2.17. The van der Waals surface area contributed by atoms with E-state index in [1.807, 2.05) is 6.92 Å². The largest absolute Gasteiger partial charge is 0.370 e. The molecular formula is C11H20N4. The number of aromatic nitrogens is 2. The van der Waals surface area contributed by atoms with Crippen LogP contribution in [0, 0.1) is 6.92 Å². The van der Waals surface area contributed by atoms with Crippen LogP contribution in [0.4, 0.5) is 11.6 Å². The third kappa shape index (κ3) is 3.38. The molecule has 15 heavy (non-hydrogen) atoms. The van der Waals surface area contributed by atoms with Gasteiger partial charge in [-0.3, -0.25) is 0 Å². The average molecular weight is 208 g/mol. The van der Waals surface area contributed by atoms with Crippen molar-refractivity contribution in [2.45, 2.75) is 33.6 Å². The summed E-state index contributed by atoms with van der Waals surface area (Å²) in [7, 11) is 0. The number of nitrogens with one attached hydrogen (secondary N) is 2. The van der Waals surface area contributed by atoms with Crippen LogP contribution in [0.15, 0.2) is 6.33 Å². The number of anilines is 2. The lowest BCUT2D eigenvalue weighted by Crippen LogP contribution is -2.09. The van der Waals surface area contributed by atoms with Gasteiger partial charge in [-0.25, -0.2) is 9.97 Å². The minimum atomic E-state index is 0.936. The monoisotopic (exact) mass is 208 g/mol. The molecule has 1 aromatic rings. The van der Waals surface area contributed by atoms with Gasteiger partial charge in [0.2, 0.25) is 0 Å². The molecule has 2 N–H and O–H groups in total. The molecule has 4 nitrogen and oxygen atoms in total. The Morgan fingerprint density at radius 1 is 1.00 bits per heavy atom. The van der Waals surface area contributed by atoms with Gasteiger partial charge in [0.05, 0.1) is 0 Å². The highest BCUT2D eigenvalue weighted by atomic mass is 15.1. The molecule has 0 amide bonds. The first-order valence-electron chi connectivity index (χ1n) is 5.58. The second-order valence-corrected chi connectivity index (χ2v) is 3.55. The zero-order chi connectivity index (χ0) is 11.1. The second-order valence-electron chi connectivity index (χ2n) is 3.55. The molecule has 0 aliphatic rings. The van der Waals surface area contributed by atoms with Crippen LogP contribution in [0.3, 0.4) is 0 Å². The van der Waals surface area contributed by atoms with E-state index in [4.69, 9.17) is 0 Å². The van der Waals surface area contributed by atoms with E-state index in [9.17, 15) is 0 Å². The van der Waals surface area contributed by atoms with E-state index in [0.29, 0.717) is 0 Å². The van der Waals surface area contributed by atoms with E-state index in [0.717, 1.165) is 43.1 Å². The summed E-state index contributed by atoms with van der Waals surface area (Å²) in [5, 5.41) is 6.58. The van der Waals surface area contributed by atoms with Crippen LogP contribution in [0.5, 0.6) is 0 Å². The van der Waals surface area contributed by atoms with Gasteiger partial charge in [-0.05, 0) is 19.8 Å². The summed E-state index contributed by atoms with van der Waals surface area (Å²) >= 11 is 0. The van der Waals surface area contributed by atoms with Gasteiger partial charge in [-0.1, -0.05) is 13.8 Å². The lowest BCUT2D eigenvalue weighted by molar-refractivity contribution is 0.943. The highest BCUT2D eigenvalue weighted by Gasteiger charge is 2.04. The Bertz CT molecular complexity index is 272. The van der Waals surface area contributed by atoms with Crippen LogP contribution in [0.25, 0.3) is 0 Å². The molecule has 0 fully saturated rings. The molecule has 0 unspecified atom stereocenters. The summed E-state index contributed by atoms with van der Waals surface area (Å²) in [6.07, 6.45) is 3.80. The Morgan fingerprint density at radius 3 is 1.87 bits per heavy atom. The van der Waals surface area contributed by atoms with Crippen molar-refractivity contribution in [3.05, 3.63) is 11.9 Å². The number of hydrogen-bond donors (Lipinski definition) is 2. The first-order chi connectivity index (χ1) is 7.29. The molecule has 0 spiro atoms. The standard InChI is InChI=1S/C11H20N4/c1-4-6-12-10-9(3)11(13-7-5-2)15-8-14-10/h8H,4-7H2,1-3H3,(H2,12,13,14,15). The normalized spacial score (nSPS) is 10.1. The Kier molecular flexibility index (Phi) is 4.87. The molecule has 4 heteroatoms. The molecule has 1 heterocycles. The molecule has 0 aliphatic carbocycles. The maximum atomic E-state index is 4.22. The van der Waals surface area contributed by atoms with E-state index >= 15 is 0 Å². The van der Waals surface area contributed by atoms with Gasteiger partial charge in [-0.15, -0.1) is 0 Å². The molecule has 0 radical (unpaired) electrons. The zero-order valence-electron chi connectivity index (χ0n) is 9.80. The Hall–Kier alpha value is -1.32. The molecule has 0 saturated carbocycles. The molecule has 84 valence electrons. The van der Waals surface area contributed by atoms with Crippen LogP contribution < -0.4 is 10.6 Å². The molecule has 0 aromatic carbocycles. The number of hydrogen-bond acceptors (Lipinski definition) is 4. The highest BCUT2D eigenvalue weighted by molar-refractivity contribution is 5.56. The van der Waals surface area contributed by atoms with Gasteiger partial charge < -0.3 is 10.6 Å². The third-order valence-corrected chi connectivity index (χ3v) is 2.17. The summed E-state index contributed by atoms with van der Waals surface area (Å²) in [6.45, 7) is 8.21. The molecule has 1 aromatic heterocycles. The fourth-order valence-electron chi connectivity index (χ4n) is 1.29. The smallest absolute Gasteiger partial charge is 0.134 e. The van der Waals surface area contributed by atoms with Gasteiger partial charge in [-0.2, -0.15) is 0 Å². The maximum Gasteiger partial charge on any atom is 0.134 e. The highest BCUT2D eigenvalue weighted by Crippen LogP contribution is 2.17. The second kappa shape index (κ2) is 6.22. The van der Waals surface area contributed by atoms with Gasteiger partial charge in [0.25, 0.3) is 0 Å². The van der Waals surface area contributed by atoms with E-state index in [1.54, 1.807) is 6.33 Å². The van der Waals surface area contributed by atoms with Crippen molar-refractivity contribution in [3.8, 4) is 0 Å². The Morgan fingerprint density at radius 2 is 1.47 bits per heavy atom. The van der Waals surface area contributed by atoms with Crippen molar-refractivity contribution in [1.82, 2.24) is 9.97 Å². The van der Waals surface area contributed by atoms with Gasteiger partial charge in [0.15, 0.2) is 0 Å². The summed E-state index contributed by atoms with van der Waals surface area (Å²) in [5.74, 6) is 1.87. The SMILES string of the molecule is CCCNc1ncnc(NCCC)c1C. The first-order valence-corrected chi connectivity index (χ1v) is 5.58. The van der Waals surface area contributed by atoms with Gasteiger partial charge in [0, 0.05) is 18.7 Å². The van der Waals surface area contributed by atoms with Crippen molar-refractivity contribution in [2.24, 2.45) is 0 Å². The van der Waals surface area contributed by atoms with Crippen molar-refractivity contribution < 1.29 is 0 Å². The van der Waals surface area contributed by atoms with Crippen LogP contribution in [-0.4, -0.2) is 23.1 Å².